The van der Waals surface area contributed by atoms with Crippen molar-refractivity contribution in [2.24, 2.45) is 0 Å². The number of nitrogens with zero attached hydrogens (tertiary/aromatic N) is 1. The molecule has 1 aromatic carbocycles. The third-order valence-electron chi connectivity index (χ3n) is 2.86. The highest BCUT2D eigenvalue weighted by Crippen LogP contribution is 2.15. The van der Waals surface area contributed by atoms with Crippen LogP contribution >= 0.6 is 0 Å². The molecule has 1 amide bonds. The van der Waals surface area contributed by atoms with Gasteiger partial charge in [-0.25, -0.2) is 0 Å². The van der Waals surface area contributed by atoms with Crippen molar-refractivity contribution in [1.82, 2.24) is 4.90 Å². The molecule has 0 atom stereocenters. The second-order valence-corrected chi connectivity index (χ2v) is 4.08. The molecule has 0 saturated heterocycles. The first-order chi connectivity index (χ1) is 7.68. The minimum absolute atomic E-state index is 0.0902. The Kier molecular flexibility index (Phi) is 2.95. The molecule has 3 nitrogen and oxygen atoms in total. The van der Waals surface area contributed by atoms with Crippen LogP contribution in [0, 0.1) is 6.92 Å². The number of hydrogen-bond acceptors (Lipinski definition) is 2. The van der Waals surface area contributed by atoms with Crippen LogP contribution in [0.15, 0.2) is 30.4 Å². The molecule has 84 valence electrons. The minimum atomic E-state index is 0.0902. The lowest BCUT2D eigenvalue weighted by atomic mass is 10.1. The molecule has 1 aromatic rings. The van der Waals surface area contributed by atoms with Crippen LogP contribution in [0.2, 0.25) is 0 Å². The highest BCUT2D eigenvalue weighted by Gasteiger charge is 2.15. The van der Waals surface area contributed by atoms with Crippen LogP contribution in [0.5, 0.6) is 0 Å². The highest BCUT2D eigenvalue weighted by atomic mass is 16.2. The van der Waals surface area contributed by atoms with E-state index in [1.807, 2.05) is 24.0 Å². The van der Waals surface area contributed by atoms with Gasteiger partial charge in [0.1, 0.15) is 0 Å². The summed E-state index contributed by atoms with van der Waals surface area (Å²) in [4.78, 5) is 14.0. The summed E-state index contributed by atoms with van der Waals surface area (Å²) in [7, 11) is 0. The number of rotatable bonds is 1. The average Bonchev–Trinajstić information content (AvgIpc) is 2.33. The molecule has 0 unspecified atom stereocenters. The largest absolute Gasteiger partial charge is 0.399 e. The lowest BCUT2D eigenvalue weighted by Gasteiger charge is -2.23. The minimum Gasteiger partial charge on any atom is -0.399 e. The first-order valence-corrected chi connectivity index (χ1v) is 5.49. The van der Waals surface area contributed by atoms with Crippen LogP contribution in [-0.4, -0.2) is 23.9 Å². The lowest BCUT2D eigenvalue weighted by Crippen LogP contribution is -2.33. The predicted molar refractivity (Wildman–Crippen MR) is 65.3 cm³/mol. The molecule has 1 aliphatic rings. The standard InChI is InChI=1S/C13H16N2O/c1-10-9-11(5-6-12(10)14)13(16)15-7-3-2-4-8-15/h2-3,5-6,9H,4,7-8,14H2,1H3. The molecular weight excluding hydrogens is 200 g/mol. The molecule has 0 fully saturated rings. The second kappa shape index (κ2) is 4.39. The Bertz CT molecular complexity index is 438. The molecule has 0 aliphatic carbocycles. The van der Waals surface area contributed by atoms with Crippen molar-refractivity contribution in [1.29, 1.82) is 0 Å². The van der Waals surface area contributed by atoms with Crippen LogP contribution in [0.1, 0.15) is 22.3 Å². The molecule has 2 N–H and O–H groups in total. The molecule has 1 aliphatic heterocycles. The summed E-state index contributed by atoms with van der Waals surface area (Å²) in [6.07, 6.45) is 5.09. The first-order valence-electron chi connectivity index (χ1n) is 5.49. The summed E-state index contributed by atoms with van der Waals surface area (Å²) in [6.45, 7) is 3.43. The molecule has 0 bridgehead atoms. The summed E-state index contributed by atoms with van der Waals surface area (Å²) in [5.41, 5.74) is 8.14. The van der Waals surface area contributed by atoms with Gasteiger partial charge in [0, 0.05) is 24.3 Å². The fourth-order valence-electron chi connectivity index (χ4n) is 1.82. The van der Waals surface area contributed by atoms with E-state index in [0.29, 0.717) is 6.54 Å². The number of aryl methyl sites for hydroxylation is 1. The van der Waals surface area contributed by atoms with E-state index in [2.05, 4.69) is 6.08 Å². The van der Waals surface area contributed by atoms with Gasteiger partial charge < -0.3 is 10.6 Å². The van der Waals surface area contributed by atoms with Crippen LogP contribution in [-0.2, 0) is 0 Å². The quantitative estimate of drug-likeness (QED) is 0.576. The van der Waals surface area contributed by atoms with E-state index in [-0.39, 0.29) is 5.91 Å². The third kappa shape index (κ3) is 2.08. The van der Waals surface area contributed by atoms with E-state index in [1.54, 1.807) is 12.1 Å². The molecular formula is C13H16N2O. The molecule has 16 heavy (non-hydrogen) atoms. The molecule has 1 heterocycles. The number of nitrogen functional groups attached to an aromatic ring is 1. The summed E-state index contributed by atoms with van der Waals surface area (Å²) in [5, 5.41) is 0. The maximum atomic E-state index is 12.1. The Morgan fingerprint density at radius 3 is 2.81 bits per heavy atom. The molecule has 2 rings (SSSR count). The van der Waals surface area contributed by atoms with Gasteiger partial charge in [0.25, 0.3) is 5.91 Å². The van der Waals surface area contributed by atoms with Crippen LogP contribution in [0.25, 0.3) is 0 Å². The molecule has 0 saturated carbocycles. The van der Waals surface area contributed by atoms with Crippen molar-refractivity contribution in [2.75, 3.05) is 18.8 Å². The van der Waals surface area contributed by atoms with E-state index < -0.39 is 0 Å². The van der Waals surface area contributed by atoms with E-state index in [4.69, 9.17) is 5.73 Å². The SMILES string of the molecule is Cc1cc(C(=O)N2CC=CCC2)ccc1N. The molecule has 0 aromatic heterocycles. The Hall–Kier alpha value is -1.77. The molecule has 0 spiro atoms. The zero-order valence-electron chi connectivity index (χ0n) is 9.44. The third-order valence-corrected chi connectivity index (χ3v) is 2.86. The normalized spacial score (nSPS) is 15.2. The first kappa shape index (κ1) is 10.7. The summed E-state index contributed by atoms with van der Waals surface area (Å²) in [6, 6.07) is 5.45. The van der Waals surface area contributed by atoms with Crippen LogP contribution in [0.3, 0.4) is 0 Å². The van der Waals surface area contributed by atoms with E-state index in [9.17, 15) is 4.79 Å². The van der Waals surface area contributed by atoms with Crippen molar-refractivity contribution in [2.45, 2.75) is 13.3 Å². The predicted octanol–water partition coefficient (Wildman–Crippen LogP) is 1.98. The van der Waals surface area contributed by atoms with E-state index >= 15 is 0 Å². The van der Waals surface area contributed by atoms with Gasteiger partial charge in [-0.3, -0.25) is 4.79 Å². The number of anilines is 1. The van der Waals surface area contributed by atoms with Gasteiger partial charge in [0.05, 0.1) is 0 Å². The number of benzene rings is 1. The van der Waals surface area contributed by atoms with Gasteiger partial charge in [-0.2, -0.15) is 0 Å². The van der Waals surface area contributed by atoms with Crippen LogP contribution < -0.4 is 5.73 Å². The maximum absolute atomic E-state index is 12.1. The van der Waals surface area contributed by atoms with Crippen molar-refractivity contribution in [3.05, 3.63) is 41.5 Å². The maximum Gasteiger partial charge on any atom is 0.254 e. The van der Waals surface area contributed by atoms with Gasteiger partial charge in [0.15, 0.2) is 0 Å². The van der Waals surface area contributed by atoms with Crippen molar-refractivity contribution in [3.8, 4) is 0 Å². The fraction of sp³-hybridized carbons (Fsp3) is 0.308. The van der Waals surface area contributed by atoms with Crippen molar-refractivity contribution >= 4 is 11.6 Å². The Morgan fingerprint density at radius 1 is 1.38 bits per heavy atom. The second-order valence-electron chi connectivity index (χ2n) is 4.08. The molecule has 0 radical (unpaired) electrons. The number of nitrogens with two attached hydrogens (primary N) is 1. The van der Waals surface area contributed by atoms with E-state index in [0.717, 1.165) is 29.8 Å². The Morgan fingerprint density at radius 2 is 2.19 bits per heavy atom. The summed E-state index contributed by atoms with van der Waals surface area (Å²) >= 11 is 0. The average molecular weight is 216 g/mol. The number of amides is 1. The van der Waals surface area contributed by atoms with Gasteiger partial charge in [-0.1, -0.05) is 12.2 Å². The number of carbonyl (C=O) groups is 1. The zero-order chi connectivity index (χ0) is 11.5. The summed E-state index contributed by atoms with van der Waals surface area (Å²) in [5.74, 6) is 0.0902. The zero-order valence-corrected chi connectivity index (χ0v) is 9.44. The van der Waals surface area contributed by atoms with Crippen molar-refractivity contribution in [3.63, 3.8) is 0 Å². The van der Waals surface area contributed by atoms with Crippen LogP contribution in [0.4, 0.5) is 5.69 Å². The fourth-order valence-corrected chi connectivity index (χ4v) is 1.82. The summed E-state index contributed by atoms with van der Waals surface area (Å²) < 4.78 is 0. The Balaban J connectivity index is 2.20. The van der Waals surface area contributed by atoms with Gasteiger partial charge >= 0.3 is 0 Å². The highest BCUT2D eigenvalue weighted by molar-refractivity contribution is 5.95. The Labute approximate surface area is 95.6 Å². The lowest BCUT2D eigenvalue weighted by molar-refractivity contribution is 0.0771. The smallest absolute Gasteiger partial charge is 0.254 e. The number of hydrogen-bond donors (Lipinski definition) is 1. The molecule has 3 heteroatoms. The monoisotopic (exact) mass is 216 g/mol. The number of carbonyl (C=O) groups excluding carboxylic acids is 1. The van der Waals surface area contributed by atoms with Gasteiger partial charge in [-0.15, -0.1) is 0 Å². The van der Waals surface area contributed by atoms with Gasteiger partial charge in [0.2, 0.25) is 0 Å². The topological polar surface area (TPSA) is 46.3 Å². The van der Waals surface area contributed by atoms with Crippen molar-refractivity contribution < 1.29 is 4.79 Å². The van der Waals surface area contributed by atoms with Gasteiger partial charge in [-0.05, 0) is 37.1 Å². The van der Waals surface area contributed by atoms with E-state index in [1.165, 1.54) is 0 Å².